The minimum Gasteiger partial charge on any atom is -0.379 e. The monoisotopic (exact) mass is 295 g/mol. The van der Waals surface area contributed by atoms with Crippen molar-refractivity contribution in [1.29, 1.82) is 0 Å². The first-order valence-corrected chi connectivity index (χ1v) is 8.61. The Labute approximate surface area is 128 Å². The van der Waals surface area contributed by atoms with Gasteiger partial charge in [-0.3, -0.25) is 9.69 Å². The van der Waals surface area contributed by atoms with Crippen molar-refractivity contribution in [3.8, 4) is 0 Å². The first-order valence-electron chi connectivity index (χ1n) is 8.61. The number of morpholine rings is 1. The predicted molar refractivity (Wildman–Crippen MR) is 82.3 cm³/mol. The Bertz CT molecular complexity index is 341. The Hall–Kier alpha value is -0.650. The fourth-order valence-corrected chi connectivity index (χ4v) is 4.16. The number of carbonyl (C=O) groups excluding carboxylic acids is 1. The third-order valence-corrected chi connectivity index (χ3v) is 5.39. The summed E-state index contributed by atoms with van der Waals surface area (Å²) in [7, 11) is 0. The van der Waals surface area contributed by atoms with Gasteiger partial charge in [-0.25, -0.2) is 0 Å². The quantitative estimate of drug-likeness (QED) is 0.838. The maximum atomic E-state index is 12.8. The third-order valence-electron chi connectivity index (χ3n) is 5.39. The van der Waals surface area contributed by atoms with Gasteiger partial charge in [0, 0.05) is 44.7 Å². The normalized spacial score (nSPS) is 27.5. The van der Waals surface area contributed by atoms with E-state index in [9.17, 15) is 4.79 Å². The van der Waals surface area contributed by atoms with Gasteiger partial charge < -0.3 is 15.0 Å². The Morgan fingerprint density at radius 1 is 1.00 bits per heavy atom. The van der Waals surface area contributed by atoms with Crippen molar-refractivity contribution < 1.29 is 9.53 Å². The highest BCUT2D eigenvalue weighted by atomic mass is 16.5. The van der Waals surface area contributed by atoms with Crippen molar-refractivity contribution in [3.63, 3.8) is 0 Å². The maximum absolute atomic E-state index is 12.8. The van der Waals surface area contributed by atoms with Crippen molar-refractivity contribution in [2.75, 3.05) is 52.5 Å². The Balaban J connectivity index is 1.64. The van der Waals surface area contributed by atoms with Crippen LogP contribution < -0.4 is 5.32 Å². The van der Waals surface area contributed by atoms with Gasteiger partial charge in [-0.2, -0.15) is 0 Å². The molecule has 3 fully saturated rings. The summed E-state index contributed by atoms with van der Waals surface area (Å²) in [5.41, 5.74) is 0.126. The molecule has 120 valence electrons. The van der Waals surface area contributed by atoms with Crippen LogP contribution in [0.25, 0.3) is 0 Å². The summed E-state index contributed by atoms with van der Waals surface area (Å²) in [5, 5.41) is 3.38. The van der Waals surface area contributed by atoms with E-state index in [0.717, 1.165) is 58.9 Å². The third kappa shape index (κ3) is 3.58. The van der Waals surface area contributed by atoms with Gasteiger partial charge >= 0.3 is 0 Å². The molecule has 2 saturated heterocycles. The lowest BCUT2D eigenvalue weighted by molar-refractivity contribution is -0.135. The molecule has 1 amide bonds. The van der Waals surface area contributed by atoms with E-state index in [-0.39, 0.29) is 5.54 Å². The lowest BCUT2D eigenvalue weighted by Gasteiger charge is -2.43. The number of rotatable bonds is 3. The molecule has 0 bridgehead atoms. The molecule has 1 saturated carbocycles. The van der Waals surface area contributed by atoms with Gasteiger partial charge in [-0.05, 0) is 25.8 Å². The van der Waals surface area contributed by atoms with E-state index in [1.54, 1.807) is 0 Å². The van der Waals surface area contributed by atoms with Gasteiger partial charge in [-0.15, -0.1) is 0 Å². The second-order valence-corrected chi connectivity index (χ2v) is 6.69. The van der Waals surface area contributed by atoms with Crippen molar-refractivity contribution in [2.45, 2.75) is 44.1 Å². The average molecular weight is 295 g/mol. The van der Waals surface area contributed by atoms with E-state index in [2.05, 4.69) is 15.1 Å². The fourth-order valence-electron chi connectivity index (χ4n) is 4.16. The summed E-state index contributed by atoms with van der Waals surface area (Å²) < 4.78 is 5.50. The SMILES string of the molecule is O=C(CC1(N2CCOCC2)CCCC1)N1CCCNCC1. The summed E-state index contributed by atoms with van der Waals surface area (Å²) >= 11 is 0. The van der Waals surface area contributed by atoms with Crippen molar-refractivity contribution in [2.24, 2.45) is 0 Å². The standard InChI is InChI=1S/C16H29N3O2/c20-15(18-8-3-6-17-7-9-18)14-16(4-1-2-5-16)19-10-12-21-13-11-19/h17H,1-14H2. The molecule has 0 spiro atoms. The zero-order valence-corrected chi connectivity index (χ0v) is 13.1. The van der Waals surface area contributed by atoms with E-state index >= 15 is 0 Å². The van der Waals surface area contributed by atoms with E-state index in [4.69, 9.17) is 4.74 Å². The Morgan fingerprint density at radius 3 is 2.52 bits per heavy atom. The zero-order valence-electron chi connectivity index (χ0n) is 13.1. The predicted octanol–water partition coefficient (Wildman–Crippen LogP) is 0.843. The van der Waals surface area contributed by atoms with Crippen LogP contribution in [-0.2, 0) is 9.53 Å². The van der Waals surface area contributed by atoms with Crippen LogP contribution in [-0.4, -0.2) is 73.7 Å². The molecule has 5 heteroatoms. The average Bonchev–Trinajstić information content (AvgIpc) is 2.83. The molecule has 2 aliphatic heterocycles. The Kier molecular flexibility index (Phi) is 5.14. The summed E-state index contributed by atoms with van der Waals surface area (Å²) in [5.74, 6) is 0.368. The topological polar surface area (TPSA) is 44.8 Å². The molecule has 0 aromatic rings. The van der Waals surface area contributed by atoms with Gasteiger partial charge in [0.25, 0.3) is 0 Å². The van der Waals surface area contributed by atoms with Crippen LogP contribution in [0.5, 0.6) is 0 Å². The molecule has 0 atom stereocenters. The van der Waals surface area contributed by atoms with Gasteiger partial charge in [0.2, 0.25) is 5.91 Å². The van der Waals surface area contributed by atoms with Crippen LogP contribution in [0.2, 0.25) is 0 Å². The fraction of sp³-hybridized carbons (Fsp3) is 0.938. The van der Waals surface area contributed by atoms with Crippen molar-refractivity contribution in [3.05, 3.63) is 0 Å². The smallest absolute Gasteiger partial charge is 0.224 e. The van der Waals surface area contributed by atoms with Crippen LogP contribution >= 0.6 is 0 Å². The van der Waals surface area contributed by atoms with Crippen molar-refractivity contribution >= 4 is 5.91 Å². The summed E-state index contributed by atoms with van der Waals surface area (Å²) in [6.45, 7) is 7.41. The number of carbonyl (C=O) groups is 1. The molecule has 21 heavy (non-hydrogen) atoms. The summed E-state index contributed by atoms with van der Waals surface area (Å²) in [4.78, 5) is 17.4. The molecule has 5 nitrogen and oxygen atoms in total. The van der Waals surface area contributed by atoms with Gasteiger partial charge in [0.1, 0.15) is 0 Å². The van der Waals surface area contributed by atoms with Gasteiger partial charge in [-0.1, -0.05) is 12.8 Å². The minimum atomic E-state index is 0.126. The van der Waals surface area contributed by atoms with Crippen LogP contribution in [0.4, 0.5) is 0 Å². The number of ether oxygens (including phenoxy) is 1. The number of nitrogens with zero attached hydrogens (tertiary/aromatic N) is 2. The molecule has 3 aliphatic rings. The largest absolute Gasteiger partial charge is 0.379 e. The second-order valence-electron chi connectivity index (χ2n) is 6.69. The minimum absolute atomic E-state index is 0.126. The number of amides is 1. The molecule has 1 N–H and O–H groups in total. The molecule has 0 aromatic heterocycles. The van der Waals surface area contributed by atoms with Gasteiger partial charge in [0.15, 0.2) is 0 Å². The zero-order chi connectivity index (χ0) is 14.5. The lowest BCUT2D eigenvalue weighted by Crippen LogP contribution is -2.54. The van der Waals surface area contributed by atoms with Crippen LogP contribution in [0.3, 0.4) is 0 Å². The first-order chi connectivity index (χ1) is 10.3. The Morgan fingerprint density at radius 2 is 1.76 bits per heavy atom. The highest BCUT2D eigenvalue weighted by molar-refractivity contribution is 5.77. The van der Waals surface area contributed by atoms with E-state index < -0.39 is 0 Å². The molecule has 2 heterocycles. The molecule has 1 aliphatic carbocycles. The van der Waals surface area contributed by atoms with Crippen LogP contribution in [0.15, 0.2) is 0 Å². The highest BCUT2D eigenvalue weighted by Crippen LogP contribution is 2.39. The van der Waals surface area contributed by atoms with E-state index in [0.29, 0.717) is 12.3 Å². The maximum Gasteiger partial charge on any atom is 0.224 e. The summed E-state index contributed by atoms with van der Waals surface area (Å²) in [6, 6.07) is 0. The van der Waals surface area contributed by atoms with E-state index in [1.165, 1.54) is 25.7 Å². The highest BCUT2D eigenvalue weighted by Gasteiger charge is 2.42. The van der Waals surface area contributed by atoms with Crippen LogP contribution in [0.1, 0.15) is 38.5 Å². The molecule has 3 rings (SSSR count). The molecular weight excluding hydrogens is 266 g/mol. The number of hydrogen-bond donors (Lipinski definition) is 1. The van der Waals surface area contributed by atoms with Crippen molar-refractivity contribution in [1.82, 2.24) is 15.1 Å². The van der Waals surface area contributed by atoms with Gasteiger partial charge in [0.05, 0.1) is 13.2 Å². The molecule has 0 aromatic carbocycles. The number of hydrogen-bond acceptors (Lipinski definition) is 4. The second kappa shape index (κ2) is 7.07. The molecule has 0 unspecified atom stereocenters. The van der Waals surface area contributed by atoms with Crippen LogP contribution in [0, 0.1) is 0 Å². The van der Waals surface area contributed by atoms with E-state index in [1.807, 2.05) is 0 Å². The lowest BCUT2D eigenvalue weighted by atomic mass is 9.89. The molecular formula is C16H29N3O2. The number of nitrogens with one attached hydrogen (secondary N) is 1. The molecule has 0 radical (unpaired) electrons. The first kappa shape index (κ1) is 15.3. The summed E-state index contributed by atoms with van der Waals surface area (Å²) in [6.07, 6.45) is 6.71.